The van der Waals surface area contributed by atoms with E-state index in [1.165, 1.54) is 11.3 Å². The molecule has 4 nitrogen and oxygen atoms in total. The number of aromatic nitrogens is 1. The molecule has 2 rings (SSSR count). The predicted octanol–water partition coefficient (Wildman–Crippen LogP) is 1.91. The van der Waals surface area contributed by atoms with Crippen LogP contribution >= 0.6 is 22.7 Å². The molecule has 0 fully saturated rings. The summed E-state index contributed by atoms with van der Waals surface area (Å²) in [5, 5.41) is 14.5. The maximum atomic E-state index is 11.9. The highest BCUT2D eigenvalue weighted by molar-refractivity contribution is 7.14. The summed E-state index contributed by atoms with van der Waals surface area (Å²) in [6.07, 6.45) is 2.96. The molecule has 0 saturated heterocycles. The van der Waals surface area contributed by atoms with Gasteiger partial charge in [0.1, 0.15) is 0 Å². The summed E-state index contributed by atoms with van der Waals surface area (Å²) >= 11 is 2.95. The molecule has 0 aromatic carbocycles. The number of hydrogen-bond donors (Lipinski definition) is 2. The first-order valence-electron chi connectivity index (χ1n) is 6.15. The predicted molar refractivity (Wildman–Crippen MR) is 81.1 cm³/mol. The molecule has 2 aromatic heterocycles. The van der Waals surface area contributed by atoms with Gasteiger partial charge in [0, 0.05) is 31.0 Å². The number of amides is 1. The number of aliphatic hydroxyl groups is 1. The van der Waals surface area contributed by atoms with E-state index in [4.69, 9.17) is 5.11 Å². The molecule has 2 aromatic rings. The van der Waals surface area contributed by atoms with Crippen LogP contribution in [0.1, 0.15) is 26.0 Å². The van der Waals surface area contributed by atoms with E-state index < -0.39 is 0 Å². The first kappa shape index (κ1) is 14.7. The van der Waals surface area contributed by atoms with E-state index in [2.05, 4.69) is 22.1 Å². The van der Waals surface area contributed by atoms with Gasteiger partial charge in [-0.2, -0.15) is 0 Å². The van der Waals surface area contributed by atoms with Gasteiger partial charge in [0.25, 0.3) is 5.91 Å². The minimum Gasteiger partial charge on any atom is -0.395 e. The second kappa shape index (κ2) is 7.80. The van der Waals surface area contributed by atoms with Gasteiger partial charge >= 0.3 is 0 Å². The summed E-state index contributed by atoms with van der Waals surface area (Å²) in [7, 11) is 0. The SMILES string of the molecule is O=C(NCCc1nccs1)c1ccc(C#CCCO)s1. The highest BCUT2D eigenvalue weighted by Crippen LogP contribution is 2.15. The fraction of sp³-hybridized carbons (Fsp3) is 0.286. The zero-order valence-electron chi connectivity index (χ0n) is 10.8. The Morgan fingerprint density at radius 1 is 1.45 bits per heavy atom. The minimum absolute atomic E-state index is 0.0580. The number of aliphatic hydroxyl groups excluding tert-OH is 1. The molecule has 0 spiro atoms. The minimum atomic E-state index is -0.0817. The summed E-state index contributed by atoms with van der Waals surface area (Å²) in [6, 6.07) is 3.59. The van der Waals surface area contributed by atoms with E-state index in [-0.39, 0.29) is 12.5 Å². The van der Waals surface area contributed by atoms with Crippen molar-refractivity contribution in [3.05, 3.63) is 38.5 Å². The smallest absolute Gasteiger partial charge is 0.261 e. The zero-order valence-corrected chi connectivity index (χ0v) is 12.4. The van der Waals surface area contributed by atoms with Gasteiger partial charge in [-0.25, -0.2) is 4.98 Å². The molecule has 2 heterocycles. The quantitative estimate of drug-likeness (QED) is 0.830. The fourth-order valence-corrected chi connectivity index (χ4v) is 2.90. The highest BCUT2D eigenvalue weighted by atomic mass is 32.1. The van der Waals surface area contributed by atoms with Gasteiger partial charge in [0.05, 0.1) is 21.4 Å². The second-order valence-electron chi connectivity index (χ2n) is 3.87. The van der Waals surface area contributed by atoms with Crippen LogP contribution in [0.25, 0.3) is 0 Å². The molecule has 0 aliphatic heterocycles. The maximum Gasteiger partial charge on any atom is 0.261 e. The Bertz CT molecular complexity index is 609. The summed E-state index contributed by atoms with van der Waals surface area (Å²) in [5.74, 6) is 5.67. The van der Waals surface area contributed by atoms with Crippen molar-refractivity contribution < 1.29 is 9.90 Å². The molecule has 0 unspecified atom stereocenters. The van der Waals surface area contributed by atoms with Gasteiger partial charge in [-0.05, 0) is 12.1 Å². The molecule has 104 valence electrons. The van der Waals surface area contributed by atoms with Gasteiger partial charge in [-0.1, -0.05) is 11.8 Å². The van der Waals surface area contributed by atoms with Crippen molar-refractivity contribution in [2.75, 3.05) is 13.2 Å². The normalized spacial score (nSPS) is 9.85. The van der Waals surface area contributed by atoms with Crippen LogP contribution in [0.5, 0.6) is 0 Å². The van der Waals surface area contributed by atoms with Crippen molar-refractivity contribution in [3.63, 3.8) is 0 Å². The van der Waals surface area contributed by atoms with Crippen LogP contribution in [0.3, 0.4) is 0 Å². The molecule has 0 bridgehead atoms. The van der Waals surface area contributed by atoms with Gasteiger partial charge in [-0.15, -0.1) is 22.7 Å². The lowest BCUT2D eigenvalue weighted by molar-refractivity contribution is 0.0958. The van der Waals surface area contributed by atoms with Gasteiger partial charge in [-0.3, -0.25) is 4.79 Å². The standard InChI is InChI=1S/C14H14N2O2S2/c17-9-2-1-3-11-4-5-12(20-11)14(18)16-7-6-13-15-8-10-19-13/h4-5,8,10,17H,2,6-7,9H2,(H,16,18). The largest absolute Gasteiger partial charge is 0.395 e. The molecule has 1 amide bonds. The Balaban J connectivity index is 1.82. The first-order valence-corrected chi connectivity index (χ1v) is 7.85. The topological polar surface area (TPSA) is 62.2 Å². The number of carbonyl (C=O) groups excluding carboxylic acids is 1. The number of thiazole rings is 1. The summed E-state index contributed by atoms with van der Waals surface area (Å²) in [4.78, 5) is 17.6. The van der Waals surface area contributed by atoms with E-state index in [1.807, 2.05) is 11.4 Å². The Kier molecular flexibility index (Phi) is 5.74. The Hall–Kier alpha value is -1.68. The first-order chi connectivity index (χ1) is 9.79. The molecule has 6 heteroatoms. The van der Waals surface area contributed by atoms with Crippen molar-refractivity contribution in [1.82, 2.24) is 10.3 Å². The highest BCUT2D eigenvalue weighted by Gasteiger charge is 2.08. The molecule has 0 aliphatic carbocycles. The van der Waals surface area contributed by atoms with Gasteiger partial charge in [0.15, 0.2) is 0 Å². The van der Waals surface area contributed by atoms with E-state index in [0.717, 1.165) is 16.3 Å². The lowest BCUT2D eigenvalue weighted by atomic mass is 10.3. The monoisotopic (exact) mass is 306 g/mol. The number of nitrogens with one attached hydrogen (secondary N) is 1. The molecule has 20 heavy (non-hydrogen) atoms. The summed E-state index contributed by atoms with van der Waals surface area (Å²) in [6.45, 7) is 0.637. The second-order valence-corrected chi connectivity index (χ2v) is 5.93. The fourth-order valence-electron chi connectivity index (χ4n) is 1.48. The lowest BCUT2D eigenvalue weighted by Gasteiger charge is -2.00. The van der Waals surface area contributed by atoms with Crippen molar-refractivity contribution in [2.45, 2.75) is 12.8 Å². The Morgan fingerprint density at radius 3 is 3.10 bits per heavy atom. The average Bonchev–Trinajstić information content (AvgIpc) is 3.10. The van der Waals surface area contributed by atoms with Crippen molar-refractivity contribution in [2.24, 2.45) is 0 Å². The zero-order chi connectivity index (χ0) is 14.2. The van der Waals surface area contributed by atoms with E-state index >= 15 is 0 Å². The number of carbonyl (C=O) groups is 1. The average molecular weight is 306 g/mol. The summed E-state index contributed by atoms with van der Waals surface area (Å²) < 4.78 is 0. The van der Waals surface area contributed by atoms with Crippen LogP contribution in [-0.4, -0.2) is 29.1 Å². The Labute approximate surface area is 125 Å². The Morgan fingerprint density at radius 2 is 2.35 bits per heavy atom. The molecular weight excluding hydrogens is 292 g/mol. The van der Waals surface area contributed by atoms with Crippen molar-refractivity contribution >= 4 is 28.6 Å². The number of rotatable bonds is 5. The molecule has 0 aliphatic rings. The molecule has 2 N–H and O–H groups in total. The third-order valence-corrected chi connectivity index (χ3v) is 4.22. The molecule has 0 radical (unpaired) electrons. The van der Waals surface area contributed by atoms with Crippen LogP contribution in [-0.2, 0) is 6.42 Å². The van der Waals surface area contributed by atoms with Crippen molar-refractivity contribution in [3.8, 4) is 11.8 Å². The number of thiophene rings is 1. The number of hydrogen-bond acceptors (Lipinski definition) is 5. The van der Waals surface area contributed by atoms with Crippen molar-refractivity contribution in [1.29, 1.82) is 0 Å². The van der Waals surface area contributed by atoms with Gasteiger partial charge in [0.2, 0.25) is 0 Å². The third-order valence-electron chi connectivity index (χ3n) is 2.39. The van der Waals surface area contributed by atoms with Crippen LogP contribution < -0.4 is 5.32 Å². The number of nitrogens with zero attached hydrogens (tertiary/aromatic N) is 1. The van der Waals surface area contributed by atoms with Crippen LogP contribution in [0.15, 0.2) is 23.7 Å². The van der Waals surface area contributed by atoms with E-state index in [0.29, 0.717) is 17.8 Å². The lowest BCUT2D eigenvalue weighted by Crippen LogP contribution is -2.24. The van der Waals surface area contributed by atoms with Gasteiger partial charge < -0.3 is 10.4 Å². The van der Waals surface area contributed by atoms with Crippen LogP contribution in [0.2, 0.25) is 0 Å². The van der Waals surface area contributed by atoms with E-state index in [1.54, 1.807) is 23.6 Å². The molecule has 0 atom stereocenters. The molecule has 0 saturated carbocycles. The van der Waals surface area contributed by atoms with Crippen LogP contribution in [0, 0.1) is 11.8 Å². The molecular formula is C14H14N2O2S2. The van der Waals surface area contributed by atoms with E-state index in [9.17, 15) is 4.79 Å². The maximum absolute atomic E-state index is 11.9. The summed E-state index contributed by atoms with van der Waals surface area (Å²) in [5.41, 5.74) is 0. The third kappa shape index (κ3) is 4.46. The van der Waals surface area contributed by atoms with Crippen LogP contribution in [0.4, 0.5) is 0 Å².